The van der Waals surface area contributed by atoms with Gasteiger partial charge in [-0.3, -0.25) is 4.90 Å². The van der Waals surface area contributed by atoms with E-state index in [0.29, 0.717) is 6.42 Å². The third kappa shape index (κ3) is 4.77. The topological polar surface area (TPSA) is 24.5 Å². The highest BCUT2D eigenvalue weighted by Gasteiger charge is 2.28. The molecule has 1 saturated heterocycles. The van der Waals surface area contributed by atoms with Gasteiger partial charge in [-0.25, -0.2) is 4.39 Å². The van der Waals surface area contributed by atoms with E-state index < -0.39 is 0 Å². The summed E-state index contributed by atoms with van der Waals surface area (Å²) in [6.07, 6.45) is 0.714. The molecule has 1 fully saturated rings. The van der Waals surface area contributed by atoms with Gasteiger partial charge in [-0.2, -0.15) is 0 Å². The van der Waals surface area contributed by atoms with Crippen molar-refractivity contribution >= 4 is 0 Å². The van der Waals surface area contributed by atoms with Gasteiger partial charge < -0.3 is 10.1 Å². The summed E-state index contributed by atoms with van der Waals surface area (Å²) in [7, 11) is 0. The highest BCUT2D eigenvalue weighted by atomic mass is 19.1. The van der Waals surface area contributed by atoms with Gasteiger partial charge in [0.25, 0.3) is 0 Å². The lowest BCUT2D eigenvalue weighted by atomic mass is 10.0. The minimum atomic E-state index is -0.112. The fourth-order valence-corrected chi connectivity index (χ4v) is 2.77. The number of nitrogens with zero attached hydrogens (tertiary/aromatic N) is 1. The number of benzene rings is 1. The fraction of sp³-hybridized carbons (Fsp3) is 0.647. The van der Waals surface area contributed by atoms with Crippen molar-refractivity contribution in [1.82, 2.24) is 10.2 Å². The summed E-state index contributed by atoms with van der Waals surface area (Å²) < 4.78 is 19.1. The second-order valence-electron chi connectivity index (χ2n) is 6.49. The van der Waals surface area contributed by atoms with Gasteiger partial charge in [-0.1, -0.05) is 18.2 Å². The summed E-state index contributed by atoms with van der Waals surface area (Å²) in [5, 5.41) is 3.55. The van der Waals surface area contributed by atoms with Crippen LogP contribution >= 0.6 is 0 Å². The molecular formula is C17H27FN2O. The Morgan fingerprint density at radius 2 is 1.95 bits per heavy atom. The van der Waals surface area contributed by atoms with Gasteiger partial charge >= 0.3 is 0 Å². The predicted molar refractivity (Wildman–Crippen MR) is 84.0 cm³/mol. The highest BCUT2D eigenvalue weighted by Crippen LogP contribution is 2.16. The molecule has 4 heteroatoms. The number of hydrogen-bond acceptors (Lipinski definition) is 3. The zero-order valence-electron chi connectivity index (χ0n) is 13.4. The van der Waals surface area contributed by atoms with Crippen molar-refractivity contribution in [2.75, 3.05) is 32.8 Å². The van der Waals surface area contributed by atoms with E-state index in [1.807, 2.05) is 12.1 Å². The second-order valence-corrected chi connectivity index (χ2v) is 6.49. The van der Waals surface area contributed by atoms with Crippen LogP contribution in [0.2, 0.25) is 0 Å². The summed E-state index contributed by atoms with van der Waals surface area (Å²) in [6.45, 7) is 11.1. The number of rotatable bonds is 6. The molecule has 0 radical (unpaired) electrons. The third-order valence-electron chi connectivity index (χ3n) is 4.23. The Kier molecular flexibility index (Phi) is 5.73. The van der Waals surface area contributed by atoms with E-state index in [4.69, 9.17) is 4.74 Å². The third-order valence-corrected chi connectivity index (χ3v) is 4.23. The second kappa shape index (κ2) is 7.34. The standard InChI is InChI=1S/C17H27FN2O/c1-14(12-15-6-4-5-7-16(15)18)19-13-17(2,3)20-8-10-21-11-9-20/h4-7,14,19H,8-13H2,1-3H3. The molecule has 1 aliphatic rings. The average molecular weight is 294 g/mol. The van der Waals surface area contributed by atoms with Crippen LogP contribution < -0.4 is 5.32 Å². The highest BCUT2D eigenvalue weighted by molar-refractivity contribution is 5.18. The van der Waals surface area contributed by atoms with Crippen LogP contribution in [0.25, 0.3) is 0 Å². The lowest BCUT2D eigenvalue weighted by molar-refractivity contribution is -0.0102. The van der Waals surface area contributed by atoms with Gasteiger partial charge in [0.1, 0.15) is 5.82 Å². The summed E-state index contributed by atoms with van der Waals surface area (Å²) >= 11 is 0. The van der Waals surface area contributed by atoms with Crippen LogP contribution in [0.3, 0.4) is 0 Å². The quantitative estimate of drug-likeness (QED) is 0.872. The number of halogens is 1. The summed E-state index contributed by atoms with van der Waals surface area (Å²) in [5.74, 6) is -0.112. The predicted octanol–water partition coefficient (Wildman–Crippen LogP) is 2.46. The summed E-state index contributed by atoms with van der Waals surface area (Å²) in [4.78, 5) is 2.46. The summed E-state index contributed by atoms with van der Waals surface area (Å²) in [5.41, 5.74) is 0.870. The smallest absolute Gasteiger partial charge is 0.126 e. The van der Waals surface area contributed by atoms with Crippen molar-refractivity contribution in [2.45, 2.75) is 38.8 Å². The molecule has 1 aliphatic heterocycles. The molecule has 0 saturated carbocycles. The minimum absolute atomic E-state index is 0.0905. The molecule has 1 unspecified atom stereocenters. The van der Waals surface area contributed by atoms with Crippen LogP contribution in [0.15, 0.2) is 24.3 Å². The van der Waals surface area contributed by atoms with E-state index in [0.717, 1.165) is 38.4 Å². The van der Waals surface area contributed by atoms with Gasteiger partial charge in [0.15, 0.2) is 0 Å². The molecule has 1 aromatic carbocycles. The van der Waals surface area contributed by atoms with Crippen molar-refractivity contribution in [3.8, 4) is 0 Å². The van der Waals surface area contributed by atoms with Crippen LogP contribution in [0.4, 0.5) is 4.39 Å². The Balaban J connectivity index is 1.82. The fourth-order valence-electron chi connectivity index (χ4n) is 2.77. The Bertz CT molecular complexity index is 444. The first kappa shape index (κ1) is 16.4. The van der Waals surface area contributed by atoms with Gasteiger partial charge in [-0.15, -0.1) is 0 Å². The zero-order chi connectivity index (χ0) is 15.3. The van der Waals surface area contributed by atoms with E-state index >= 15 is 0 Å². The van der Waals surface area contributed by atoms with Crippen LogP contribution in [-0.2, 0) is 11.2 Å². The first-order valence-electron chi connectivity index (χ1n) is 7.78. The first-order valence-corrected chi connectivity index (χ1v) is 7.78. The largest absolute Gasteiger partial charge is 0.379 e. The Labute approximate surface area is 127 Å². The first-order chi connectivity index (χ1) is 9.99. The van der Waals surface area contributed by atoms with Crippen LogP contribution in [0, 0.1) is 5.82 Å². The van der Waals surface area contributed by atoms with Crippen molar-refractivity contribution in [1.29, 1.82) is 0 Å². The van der Waals surface area contributed by atoms with Crippen LogP contribution in [0.5, 0.6) is 0 Å². The Hall–Kier alpha value is -0.970. The summed E-state index contributed by atoms with van der Waals surface area (Å²) in [6, 6.07) is 7.27. The van der Waals surface area contributed by atoms with Crippen molar-refractivity contribution < 1.29 is 9.13 Å². The van der Waals surface area contributed by atoms with Gasteiger partial charge in [0, 0.05) is 31.2 Å². The molecule has 1 aromatic rings. The van der Waals surface area contributed by atoms with E-state index in [9.17, 15) is 4.39 Å². The molecule has 3 nitrogen and oxygen atoms in total. The van der Waals surface area contributed by atoms with E-state index in [-0.39, 0.29) is 17.4 Å². The Morgan fingerprint density at radius 3 is 2.62 bits per heavy atom. The SMILES string of the molecule is CC(Cc1ccccc1F)NCC(C)(C)N1CCOCC1. The molecule has 1 heterocycles. The molecule has 0 bridgehead atoms. The molecule has 0 aliphatic carbocycles. The lowest BCUT2D eigenvalue weighted by Crippen LogP contribution is -2.55. The molecule has 0 aromatic heterocycles. The van der Waals surface area contributed by atoms with Crippen molar-refractivity contribution in [2.24, 2.45) is 0 Å². The number of morpholine rings is 1. The molecule has 118 valence electrons. The molecule has 0 amide bonds. The Morgan fingerprint density at radius 1 is 1.29 bits per heavy atom. The van der Waals surface area contributed by atoms with E-state index in [1.165, 1.54) is 6.07 Å². The van der Waals surface area contributed by atoms with E-state index in [2.05, 4.69) is 31.0 Å². The molecule has 1 atom stereocenters. The number of hydrogen-bond donors (Lipinski definition) is 1. The molecule has 0 spiro atoms. The number of ether oxygens (including phenoxy) is 1. The van der Waals surface area contributed by atoms with Crippen LogP contribution in [0.1, 0.15) is 26.3 Å². The van der Waals surface area contributed by atoms with Crippen molar-refractivity contribution in [3.63, 3.8) is 0 Å². The van der Waals surface area contributed by atoms with Gasteiger partial charge in [0.05, 0.1) is 13.2 Å². The maximum Gasteiger partial charge on any atom is 0.126 e. The van der Waals surface area contributed by atoms with Gasteiger partial charge in [0.2, 0.25) is 0 Å². The monoisotopic (exact) mass is 294 g/mol. The van der Waals surface area contributed by atoms with Gasteiger partial charge in [-0.05, 0) is 38.8 Å². The van der Waals surface area contributed by atoms with Crippen LogP contribution in [-0.4, -0.2) is 49.3 Å². The number of nitrogens with one attached hydrogen (secondary N) is 1. The maximum atomic E-state index is 13.7. The average Bonchev–Trinajstić information content (AvgIpc) is 2.49. The molecule has 1 N–H and O–H groups in total. The molecular weight excluding hydrogens is 267 g/mol. The normalized spacial score (nSPS) is 18.7. The van der Waals surface area contributed by atoms with E-state index in [1.54, 1.807) is 6.07 Å². The maximum absolute atomic E-state index is 13.7. The van der Waals surface area contributed by atoms with Crippen molar-refractivity contribution in [3.05, 3.63) is 35.6 Å². The minimum Gasteiger partial charge on any atom is -0.379 e. The molecule has 21 heavy (non-hydrogen) atoms. The zero-order valence-corrected chi connectivity index (χ0v) is 13.4. The lowest BCUT2D eigenvalue weighted by Gasteiger charge is -2.41. The molecule has 2 rings (SSSR count).